The quantitative estimate of drug-likeness (QED) is 0.458. The molecule has 0 spiro atoms. The number of rotatable bonds is 4. The second-order valence-electron chi connectivity index (χ2n) is 8.62. The van der Waals surface area contributed by atoms with Gasteiger partial charge in [0.1, 0.15) is 0 Å². The van der Waals surface area contributed by atoms with E-state index in [2.05, 4.69) is 61.9 Å². The zero-order chi connectivity index (χ0) is 22.0. The molecule has 1 saturated carbocycles. The summed E-state index contributed by atoms with van der Waals surface area (Å²) in [6.45, 7) is 4.26. The third-order valence-corrected chi connectivity index (χ3v) is 6.21. The summed E-state index contributed by atoms with van der Waals surface area (Å²) in [6.07, 6.45) is 7.79. The molecule has 5 aromatic rings. The van der Waals surface area contributed by atoms with E-state index in [1.54, 1.807) is 16.9 Å². The molecule has 4 heterocycles. The molecule has 0 amide bonds. The Hall–Kier alpha value is -4.01. The van der Waals surface area contributed by atoms with E-state index in [4.69, 9.17) is 0 Å². The van der Waals surface area contributed by atoms with E-state index in [0.29, 0.717) is 23.2 Å². The third kappa shape index (κ3) is 2.89. The van der Waals surface area contributed by atoms with Gasteiger partial charge in [0.05, 0.1) is 23.0 Å². The van der Waals surface area contributed by atoms with Crippen LogP contribution in [0.3, 0.4) is 0 Å². The number of benzene rings is 1. The summed E-state index contributed by atoms with van der Waals surface area (Å²) in [7, 11) is 0. The molecule has 1 fully saturated rings. The number of hydrogen-bond acceptors (Lipinski definition) is 5. The minimum atomic E-state index is -0.541. The van der Waals surface area contributed by atoms with Gasteiger partial charge in [-0.05, 0) is 49.8 Å². The summed E-state index contributed by atoms with van der Waals surface area (Å²) in [6, 6.07) is 8.77. The smallest absolute Gasteiger partial charge is 0.313 e. The average molecular weight is 427 g/mol. The van der Waals surface area contributed by atoms with Crippen molar-refractivity contribution in [3.05, 3.63) is 81.0 Å². The van der Waals surface area contributed by atoms with Crippen molar-refractivity contribution in [2.24, 2.45) is 0 Å². The van der Waals surface area contributed by atoms with Crippen LogP contribution in [0.25, 0.3) is 27.8 Å². The minimum absolute atomic E-state index is 0.274. The van der Waals surface area contributed by atoms with Gasteiger partial charge in [0, 0.05) is 35.6 Å². The van der Waals surface area contributed by atoms with Gasteiger partial charge in [-0.15, -0.1) is 0 Å². The zero-order valence-electron chi connectivity index (χ0n) is 17.6. The molecule has 4 aromatic heterocycles. The SMILES string of the molecule is CC(C)n1ncc2ccc([C@@H]3C[C@H]3c3cc(-c4c[nH]c(=O)[nH]c4=O)nn4ccnc34)cc21. The van der Waals surface area contributed by atoms with Crippen LogP contribution in [0.1, 0.15) is 49.3 Å². The molecule has 1 aliphatic rings. The molecule has 0 saturated heterocycles. The van der Waals surface area contributed by atoms with Crippen molar-refractivity contribution in [1.82, 2.24) is 34.3 Å². The van der Waals surface area contributed by atoms with Crippen molar-refractivity contribution in [3.8, 4) is 11.3 Å². The molecule has 9 nitrogen and oxygen atoms in total. The molecule has 1 aliphatic carbocycles. The second-order valence-corrected chi connectivity index (χ2v) is 8.62. The van der Waals surface area contributed by atoms with Gasteiger partial charge in [-0.1, -0.05) is 12.1 Å². The predicted molar refractivity (Wildman–Crippen MR) is 120 cm³/mol. The van der Waals surface area contributed by atoms with Crippen LogP contribution in [0.2, 0.25) is 0 Å². The van der Waals surface area contributed by atoms with Crippen molar-refractivity contribution in [3.63, 3.8) is 0 Å². The maximum absolute atomic E-state index is 12.3. The summed E-state index contributed by atoms with van der Waals surface area (Å²) in [4.78, 5) is 33.0. The molecule has 0 radical (unpaired) electrons. The molecule has 0 aliphatic heterocycles. The Kier molecular flexibility index (Phi) is 3.95. The van der Waals surface area contributed by atoms with Crippen LogP contribution in [-0.2, 0) is 0 Å². The van der Waals surface area contributed by atoms with E-state index in [1.807, 2.05) is 12.3 Å². The van der Waals surface area contributed by atoms with Crippen LogP contribution in [0, 0.1) is 0 Å². The first-order chi connectivity index (χ1) is 15.5. The van der Waals surface area contributed by atoms with Gasteiger partial charge >= 0.3 is 5.69 Å². The molecule has 160 valence electrons. The lowest BCUT2D eigenvalue weighted by Crippen LogP contribution is -2.23. The first kappa shape index (κ1) is 18.7. The van der Waals surface area contributed by atoms with Crippen molar-refractivity contribution in [1.29, 1.82) is 0 Å². The van der Waals surface area contributed by atoms with Gasteiger partial charge < -0.3 is 4.98 Å². The van der Waals surface area contributed by atoms with E-state index >= 15 is 0 Å². The fourth-order valence-corrected chi connectivity index (χ4v) is 4.55. The number of H-pyrrole nitrogens is 2. The Morgan fingerprint density at radius 1 is 1.16 bits per heavy atom. The highest BCUT2D eigenvalue weighted by molar-refractivity contribution is 5.80. The monoisotopic (exact) mass is 427 g/mol. The van der Waals surface area contributed by atoms with E-state index in [0.717, 1.165) is 28.5 Å². The van der Waals surface area contributed by atoms with Crippen LogP contribution >= 0.6 is 0 Å². The normalized spacial score (nSPS) is 18.1. The number of imidazole rings is 1. The Labute approximate surface area is 181 Å². The highest BCUT2D eigenvalue weighted by Gasteiger charge is 2.41. The van der Waals surface area contributed by atoms with Crippen molar-refractivity contribution in [2.45, 2.75) is 38.1 Å². The van der Waals surface area contributed by atoms with Gasteiger partial charge in [-0.2, -0.15) is 10.2 Å². The summed E-state index contributed by atoms with van der Waals surface area (Å²) >= 11 is 0. The standard InChI is InChI=1S/C23H21N7O2/c1-12(2)30-20-7-13(3-4-14(20)10-26-30)15-8-16(15)17-9-19(28-29-6-5-24-21(17)29)18-11-25-23(32)27-22(18)31/h3-7,9-12,15-16H,8H2,1-2H3,(H2,25,27,31,32)/t15-,16+/m0/s1. The first-order valence-electron chi connectivity index (χ1n) is 10.6. The molecular weight excluding hydrogens is 406 g/mol. The second kappa shape index (κ2) is 6.74. The van der Waals surface area contributed by atoms with Crippen LogP contribution in [0.4, 0.5) is 0 Å². The lowest BCUT2D eigenvalue weighted by molar-refractivity contribution is 0.550. The molecule has 2 N–H and O–H groups in total. The fourth-order valence-electron chi connectivity index (χ4n) is 4.55. The zero-order valence-corrected chi connectivity index (χ0v) is 17.6. The van der Waals surface area contributed by atoms with Crippen molar-refractivity contribution < 1.29 is 0 Å². The van der Waals surface area contributed by atoms with E-state index in [1.165, 1.54) is 11.8 Å². The molecule has 6 rings (SSSR count). The Morgan fingerprint density at radius 2 is 2.03 bits per heavy atom. The highest BCUT2D eigenvalue weighted by atomic mass is 16.2. The van der Waals surface area contributed by atoms with Gasteiger partial charge in [-0.3, -0.25) is 14.5 Å². The summed E-state index contributed by atoms with van der Waals surface area (Å²) < 4.78 is 3.75. The minimum Gasteiger partial charge on any atom is -0.313 e. The van der Waals surface area contributed by atoms with Crippen LogP contribution in [0.15, 0.2) is 58.6 Å². The maximum atomic E-state index is 12.3. The molecule has 0 bridgehead atoms. The summed E-state index contributed by atoms with van der Waals surface area (Å²) in [5.41, 5.74) is 4.07. The number of fused-ring (bicyclic) bond motifs is 2. The van der Waals surface area contributed by atoms with Crippen molar-refractivity contribution >= 4 is 16.6 Å². The van der Waals surface area contributed by atoms with Gasteiger partial charge in [0.25, 0.3) is 5.56 Å². The van der Waals surface area contributed by atoms with Gasteiger partial charge in [0.2, 0.25) is 0 Å². The number of aromatic amines is 2. The molecular formula is C23H21N7O2. The van der Waals surface area contributed by atoms with E-state index < -0.39 is 11.2 Å². The fraction of sp³-hybridized carbons (Fsp3) is 0.261. The van der Waals surface area contributed by atoms with Crippen molar-refractivity contribution in [2.75, 3.05) is 0 Å². The lowest BCUT2D eigenvalue weighted by atomic mass is 10.0. The molecule has 0 unspecified atom stereocenters. The molecule has 2 atom stereocenters. The predicted octanol–water partition coefficient (Wildman–Crippen LogP) is 2.97. The van der Waals surface area contributed by atoms with E-state index in [-0.39, 0.29) is 5.92 Å². The van der Waals surface area contributed by atoms with Gasteiger partial charge in [0.15, 0.2) is 5.65 Å². The number of hydrogen-bond donors (Lipinski definition) is 2. The van der Waals surface area contributed by atoms with Crippen LogP contribution in [-0.4, -0.2) is 34.3 Å². The third-order valence-electron chi connectivity index (χ3n) is 6.21. The summed E-state index contributed by atoms with van der Waals surface area (Å²) in [5, 5.41) is 10.2. The van der Waals surface area contributed by atoms with E-state index in [9.17, 15) is 9.59 Å². The Balaban J connectivity index is 1.42. The number of nitrogens with one attached hydrogen (secondary N) is 2. The number of nitrogens with zero attached hydrogens (tertiary/aromatic N) is 5. The first-order valence-corrected chi connectivity index (χ1v) is 10.6. The Bertz CT molecular complexity index is 1600. The average Bonchev–Trinajstić information content (AvgIpc) is 3.21. The molecule has 32 heavy (non-hydrogen) atoms. The largest absolute Gasteiger partial charge is 0.325 e. The molecule has 1 aromatic carbocycles. The highest BCUT2D eigenvalue weighted by Crippen LogP contribution is 2.56. The van der Waals surface area contributed by atoms with Crippen LogP contribution < -0.4 is 11.2 Å². The topological polar surface area (TPSA) is 114 Å². The molecule has 9 heteroatoms. The summed E-state index contributed by atoms with van der Waals surface area (Å²) in [5.74, 6) is 0.635. The number of aromatic nitrogens is 7. The maximum Gasteiger partial charge on any atom is 0.325 e. The lowest BCUT2D eigenvalue weighted by Gasteiger charge is -2.09. The van der Waals surface area contributed by atoms with Crippen LogP contribution in [0.5, 0.6) is 0 Å². The van der Waals surface area contributed by atoms with Gasteiger partial charge in [-0.25, -0.2) is 14.3 Å². The Morgan fingerprint density at radius 3 is 2.84 bits per heavy atom.